The molecule has 5 heterocycles. The predicted octanol–water partition coefficient (Wildman–Crippen LogP) is 3.49. The first-order chi connectivity index (χ1) is 20.6. The molecular weight excluding hydrogens is 601 g/mol. The summed E-state index contributed by atoms with van der Waals surface area (Å²) in [6.45, 7) is 6.92. The number of fused-ring (bicyclic) bond motifs is 2. The number of likely N-dealkylation sites (tertiary alicyclic amines) is 2. The largest absolute Gasteiger partial charge is 0.490 e. The topological polar surface area (TPSA) is 171 Å². The Morgan fingerprint density at radius 1 is 1.20 bits per heavy atom. The lowest BCUT2D eigenvalue weighted by Gasteiger charge is -2.20. The molecule has 2 aliphatic heterocycles. The van der Waals surface area contributed by atoms with Crippen molar-refractivity contribution in [1.29, 1.82) is 5.26 Å². The van der Waals surface area contributed by atoms with E-state index in [9.17, 15) is 32.8 Å². The van der Waals surface area contributed by atoms with Gasteiger partial charge in [-0.25, -0.2) is 9.78 Å². The summed E-state index contributed by atoms with van der Waals surface area (Å²) in [5.74, 6) is -3.57. The van der Waals surface area contributed by atoms with Crippen molar-refractivity contribution in [3.8, 4) is 17.2 Å². The summed E-state index contributed by atoms with van der Waals surface area (Å²) in [6.07, 6.45) is -2.68. The number of pyridine rings is 2. The lowest BCUT2D eigenvalue weighted by atomic mass is 9.97. The number of rotatable bonds is 4. The molecule has 0 radical (unpaired) electrons. The molecule has 15 heteroatoms. The minimum atomic E-state index is -5.08. The Kier molecular flexibility index (Phi) is 7.71. The van der Waals surface area contributed by atoms with Crippen molar-refractivity contribution in [3.05, 3.63) is 46.2 Å². The van der Waals surface area contributed by atoms with Gasteiger partial charge in [-0.3, -0.25) is 24.3 Å². The molecule has 3 aromatic rings. The number of carbonyl (C=O) groups is 4. The second-order valence-electron chi connectivity index (χ2n) is 11.6. The second kappa shape index (κ2) is 10.9. The summed E-state index contributed by atoms with van der Waals surface area (Å²) in [6, 6.07) is 7.40. The van der Waals surface area contributed by atoms with Crippen LogP contribution in [0.15, 0.2) is 24.4 Å². The van der Waals surface area contributed by atoms with E-state index in [1.54, 1.807) is 24.1 Å². The van der Waals surface area contributed by atoms with Crippen molar-refractivity contribution < 1.29 is 37.5 Å². The summed E-state index contributed by atoms with van der Waals surface area (Å²) in [5.41, 5.74) is 9.04. The molecule has 3 unspecified atom stereocenters. The minimum Gasteiger partial charge on any atom is -0.475 e. The maximum atomic E-state index is 13.6. The van der Waals surface area contributed by atoms with Crippen LogP contribution in [0, 0.1) is 35.5 Å². The number of nitriles is 1. The SMILES string of the molecule is Cc1nc(C#N)cc(-c2ccnc3cc(CN4C(=O)C5C(C4=O)C5(C)C)sc23)c1C(=O)N1CCC(N)C1.O=C(O)C(F)(F)F. The van der Waals surface area contributed by atoms with Gasteiger partial charge in [-0.15, -0.1) is 11.3 Å². The minimum absolute atomic E-state index is 0.0563. The first-order valence-electron chi connectivity index (χ1n) is 13.6. The van der Waals surface area contributed by atoms with E-state index in [1.807, 2.05) is 26.0 Å². The Morgan fingerprint density at radius 3 is 2.39 bits per heavy atom. The van der Waals surface area contributed by atoms with Crippen molar-refractivity contribution in [2.75, 3.05) is 13.1 Å². The van der Waals surface area contributed by atoms with Crippen molar-refractivity contribution >= 4 is 45.2 Å². The molecule has 3 aromatic heterocycles. The van der Waals surface area contributed by atoms with Crippen LogP contribution in [0.1, 0.15) is 46.9 Å². The van der Waals surface area contributed by atoms with Gasteiger partial charge in [0.25, 0.3) is 5.91 Å². The molecule has 1 saturated carbocycles. The van der Waals surface area contributed by atoms with Gasteiger partial charge in [-0.1, -0.05) is 13.8 Å². The van der Waals surface area contributed by atoms with Crippen molar-refractivity contribution in [3.63, 3.8) is 0 Å². The highest BCUT2D eigenvalue weighted by atomic mass is 32.1. The number of aliphatic carboxylic acids is 1. The molecule has 44 heavy (non-hydrogen) atoms. The number of nitrogens with zero attached hydrogens (tertiary/aromatic N) is 5. The van der Waals surface area contributed by atoms with Crippen LogP contribution < -0.4 is 5.73 Å². The van der Waals surface area contributed by atoms with Crippen molar-refractivity contribution in [2.45, 2.75) is 46.0 Å². The Labute approximate surface area is 253 Å². The number of alkyl halides is 3. The van der Waals surface area contributed by atoms with E-state index in [-0.39, 0.29) is 53.3 Å². The fourth-order valence-corrected chi connectivity index (χ4v) is 7.07. The van der Waals surface area contributed by atoms with Crippen LogP contribution in [0.5, 0.6) is 0 Å². The molecule has 3 aliphatic rings. The standard InChI is InChI=1S/C27H26N6O3S.C2HF3O2/c1-13-20(24(34)32-7-5-14(29)11-32)18(8-15(10-28)31-13)17-4-6-30-19-9-16(37-23(17)19)12-33-25(35)21-22(26(33)36)27(21,2)3;3-2(4,5)1(6)7/h4,6,8-9,14,21-22H,5,7,11-12,29H2,1-3H3;(H,6,7). The van der Waals surface area contributed by atoms with Crippen LogP contribution in [0.2, 0.25) is 0 Å². The normalized spacial score (nSPS) is 22.0. The fourth-order valence-electron chi connectivity index (χ4n) is 5.94. The number of carboxylic acid groups (broad SMARTS) is 1. The molecule has 1 aliphatic carbocycles. The van der Waals surface area contributed by atoms with Crippen LogP contribution in [-0.4, -0.2) is 73.9 Å². The maximum Gasteiger partial charge on any atom is 0.490 e. The van der Waals surface area contributed by atoms with Gasteiger partial charge in [-0.2, -0.15) is 18.4 Å². The number of aromatic nitrogens is 2. The number of imide groups is 1. The molecule has 11 nitrogen and oxygen atoms in total. The average molecular weight is 629 g/mol. The first-order valence-corrected chi connectivity index (χ1v) is 14.4. The Bertz CT molecular complexity index is 1740. The van der Waals surface area contributed by atoms with Gasteiger partial charge in [0, 0.05) is 41.3 Å². The first kappa shape index (κ1) is 31.0. The van der Waals surface area contributed by atoms with Gasteiger partial charge >= 0.3 is 12.1 Å². The molecule has 0 bridgehead atoms. The van der Waals surface area contributed by atoms with Crippen LogP contribution in [0.3, 0.4) is 0 Å². The number of hydrogen-bond donors (Lipinski definition) is 2. The molecule has 0 spiro atoms. The molecule has 3 fully saturated rings. The van der Waals surface area contributed by atoms with Gasteiger partial charge in [0.05, 0.1) is 39.9 Å². The van der Waals surface area contributed by atoms with Crippen molar-refractivity contribution in [1.82, 2.24) is 19.8 Å². The number of piperidine rings is 1. The number of aryl methyl sites for hydroxylation is 1. The van der Waals surface area contributed by atoms with Gasteiger partial charge in [0.15, 0.2) is 0 Å². The van der Waals surface area contributed by atoms with E-state index in [2.05, 4.69) is 16.0 Å². The number of nitrogens with two attached hydrogens (primary N) is 1. The molecular formula is C29H27F3N6O5S. The lowest BCUT2D eigenvalue weighted by molar-refractivity contribution is -0.192. The zero-order valence-corrected chi connectivity index (χ0v) is 24.6. The Morgan fingerprint density at radius 2 is 1.84 bits per heavy atom. The van der Waals surface area contributed by atoms with Crippen LogP contribution in [-0.2, 0) is 20.9 Å². The van der Waals surface area contributed by atoms with E-state index < -0.39 is 12.1 Å². The number of carboxylic acids is 1. The third kappa shape index (κ3) is 5.39. The Balaban J connectivity index is 0.000000493. The number of hydrogen-bond acceptors (Lipinski definition) is 9. The lowest BCUT2D eigenvalue weighted by Crippen LogP contribution is -2.35. The zero-order valence-electron chi connectivity index (χ0n) is 23.8. The van der Waals surface area contributed by atoms with Crippen molar-refractivity contribution in [2.24, 2.45) is 23.0 Å². The highest BCUT2D eigenvalue weighted by Gasteiger charge is 2.72. The summed E-state index contributed by atoms with van der Waals surface area (Å²) in [4.78, 5) is 61.0. The van der Waals surface area contributed by atoms with E-state index in [1.165, 1.54) is 16.2 Å². The van der Waals surface area contributed by atoms with E-state index in [4.69, 9.17) is 15.6 Å². The number of halogens is 3. The molecule has 0 aromatic carbocycles. The smallest absolute Gasteiger partial charge is 0.475 e. The predicted molar refractivity (Wildman–Crippen MR) is 151 cm³/mol. The summed E-state index contributed by atoms with van der Waals surface area (Å²) in [7, 11) is 0. The second-order valence-corrected chi connectivity index (χ2v) is 12.7. The number of carbonyl (C=O) groups excluding carboxylic acids is 3. The fraction of sp³-hybridized carbons (Fsp3) is 0.414. The summed E-state index contributed by atoms with van der Waals surface area (Å²) >= 11 is 1.44. The molecule has 3 amide bonds. The average Bonchev–Trinajstić information content (AvgIpc) is 3.33. The number of amides is 3. The molecule has 6 rings (SSSR count). The molecule has 3 N–H and O–H groups in total. The highest BCUT2D eigenvalue weighted by Crippen LogP contribution is 2.63. The third-order valence-electron chi connectivity index (χ3n) is 8.24. The zero-order chi connectivity index (χ0) is 32.3. The van der Waals surface area contributed by atoms with Gasteiger partial charge in [0.1, 0.15) is 11.8 Å². The highest BCUT2D eigenvalue weighted by molar-refractivity contribution is 7.19. The van der Waals surface area contributed by atoms with Crippen LogP contribution >= 0.6 is 11.3 Å². The van der Waals surface area contributed by atoms with Crippen LogP contribution in [0.4, 0.5) is 13.2 Å². The van der Waals surface area contributed by atoms with E-state index in [0.29, 0.717) is 35.4 Å². The molecule has 2 saturated heterocycles. The quantitative estimate of drug-likeness (QED) is 0.411. The van der Waals surface area contributed by atoms with Gasteiger partial charge < -0.3 is 15.7 Å². The maximum absolute atomic E-state index is 13.6. The van der Waals surface area contributed by atoms with E-state index in [0.717, 1.165) is 21.6 Å². The molecule has 230 valence electrons. The summed E-state index contributed by atoms with van der Waals surface area (Å²) < 4.78 is 32.6. The summed E-state index contributed by atoms with van der Waals surface area (Å²) in [5, 5.41) is 16.7. The van der Waals surface area contributed by atoms with E-state index >= 15 is 0 Å². The molecule has 3 atom stereocenters. The Hall–Kier alpha value is -4.42. The van der Waals surface area contributed by atoms with Crippen LogP contribution in [0.25, 0.3) is 21.3 Å². The number of thiophene rings is 1. The van der Waals surface area contributed by atoms with Gasteiger partial charge in [0.2, 0.25) is 11.8 Å². The third-order valence-corrected chi connectivity index (χ3v) is 9.38. The van der Waals surface area contributed by atoms with Gasteiger partial charge in [-0.05, 0) is 37.0 Å². The monoisotopic (exact) mass is 628 g/mol.